The Hall–Kier alpha value is -0.370. The second-order valence-electron chi connectivity index (χ2n) is 3.66. The SMILES string of the molecule is O=C1CCN(C2CCC2)CC1. The molecule has 1 saturated carbocycles. The topological polar surface area (TPSA) is 20.3 Å². The van der Waals surface area contributed by atoms with Crippen molar-refractivity contribution in [3.8, 4) is 0 Å². The molecule has 1 heterocycles. The van der Waals surface area contributed by atoms with Gasteiger partial charge in [0.05, 0.1) is 0 Å². The minimum Gasteiger partial charge on any atom is -0.300 e. The number of carbonyl (C=O) groups is 1. The molecule has 0 aromatic heterocycles. The van der Waals surface area contributed by atoms with Gasteiger partial charge in [-0.05, 0) is 12.8 Å². The van der Waals surface area contributed by atoms with Crippen molar-refractivity contribution in [3.05, 3.63) is 0 Å². The third-order valence-corrected chi connectivity index (χ3v) is 2.95. The van der Waals surface area contributed by atoms with E-state index in [1.165, 1.54) is 19.3 Å². The van der Waals surface area contributed by atoms with Crippen LogP contribution in [0.2, 0.25) is 0 Å². The van der Waals surface area contributed by atoms with Gasteiger partial charge in [0, 0.05) is 32.0 Å². The van der Waals surface area contributed by atoms with Crippen molar-refractivity contribution in [1.82, 2.24) is 4.90 Å². The zero-order valence-electron chi connectivity index (χ0n) is 6.88. The van der Waals surface area contributed by atoms with Crippen molar-refractivity contribution in [2.75, 3.05) is 13.1 Å². The molecule has 2 aliphatic rings. The first-order valence-corrected chi connectivity index (χ1v) is 4.62. The molecule has 0 atom stereocenters. The summed E-state index contributed by atoms with van der Waals surface area (Å²) in [5, 5.41) is 0. The van der Waals surface area contributed by atoms with Gasteiger partial charge in [-0.3, -0.25) is 9.69 Å². The Morgan fingerprint density at radius 1 is 1.18 bits per heavy atom. The van der Waals surface area contributed by atoms with E-state index in [4.69, 9.17) is 0 Å². The van der Waals surface area contributed by atoms with E-state index in [0.29, 0.717) is 5.78 Å². The first-order chi connectivity index (χ1) is 5.36. The van der Waals surface area contributed by atoms with E-state index in [1.807, 2.05) is 0 Å². The average Bonchev–Trinajstić information content (AvgIpc) is 1.90. The summed E-state index contributed by atoms with van der Waals surface area (Å²) >= 11 is 0. The van der Waals surface area contributed by atoms with E-state index in [2.05, 4.69) is 4.90 Å². The van der Waals surface area contributed by atoms with Crippen molar-refractivity contribution >= 4 is 5.78 Å². The van der Waals surface area contributed by atoms with Gasteiger partial charge in [0.25, 0.3) is 0 Å². The van der Waals surface area contributed by atoms with Gasteiger partial charge in [0.2, 0.25) is 0 Å². The third kappa shape index (κ3) is 1.45. The summed E-state index contributed by atoms with van der Waals surface area (Å²) in [7, 11) is 0. The molecular formula is C9H15NO. The Bertz CT molecular complexity index is 153. The molecular weight excluding hydrogens is 138 g/mol. The standard InChI is InChI=1S/C9H15NO/c11-9-4-6-10(7-5-9)8-2-1-3-8/h8H,1-7H2. The van der Waals surface area contributed by atoms with Gasteiger partial charge in [0.15, 0.2) is 0 Å². The molecule has 1 aliphatic heterocycles. The second kappa shape index (κ2) is 2.94. The number of rotatable bonds is 1. The lowest BCUT2D eigenvalue weighted by molar-refractivity contribution is -0.122. The molecule has 0 aromatic carbocycles. The van der Waals surface area contributed by atoms with Crippen molar-refractivity contribution in [3.63, 3.8) is 0 Å². The molecule has 0 bridgehead atoms. The normalized spacial score (nSPS) is 28.5. The predicted octanol–water partition coefficient (Wildman–Crippen LogP) is 1.20. The van der Waals surface area contributed by atoms with Crippen LogP contribution in [0.15, 0.2) is 0 Å². The average molecular weight is 153 g/mol. The van der Waals surface area contributed by atoms with Gasteiger partial charge < -0.3 is 0 Å². The van der Waals surface area contributed by atoms with Gasteiger partial charge in [-0.2, -0.15) is 0 Å². The molecule has 1 aliphatic carbocycles. The molecule has 0 amide bonds. The summed E-state index contributed by atoms with van der Waals surface area (Å²) < 4.78 is 0. The fourth-order valence-electron chi connectivity index (χ4n) is 1.89. The van der Waals surface area contributed by atoms with Crippen LogP contribution < -0.4 is 0 Å². The molecule has 2 nitrogen and oxygen atoms in total. The Morgan fingerprint density at radius 2 is 1.82 bits per heavy atom. The smallest absolute Gasteiger partial charge is 0.135 e. The van der Waals surface area contributed by atoms with Gasteiger partial charge in [-0.1, -0.05) is 6.42 Å². The second-order valence-corrected chi connectivity index (χ2v) is 3.66. The predicted molar refractivity (Wildman–Crippen MR) is 43.5 cm³/mol. The zero-order valence-corrected chi connectivity index (χ0v) is 6.88. The number of nitrogens with zero attached hydrogens (tertiary/aromatic N) is 1. The van der Waals surface area contributed by atoms with Crippen LogP contribution >= 0.6 is 0 Å². The molecule has 0 unspecified atom stereocenters. The van der Waals surface area contributed by atoms with Gasteiger partial charge in [-0.15, -0.1) is 0 Å². The van der Waals surface area contributed by atoms with E-state index >= 15 is 0 Å². The molecule has 1 saturated heterocycles. The summed E-state index contributed by atoms with van der Waals surface area (Å²) in [4.78, 5) is 13.4. The fraction of sp³-hybridized carbons (Fsp3) is 0.889. The number of likely N-dealkylation sites (tertiary alicyclic amines) is 1. The van der Waals surface area contributed by atoms with E-state index in [1.54, 1.807) is 0 Å². The quantitative estimate of drug-likeness (QED) is 0.564. The molecule has 0 radical (unpaired) electrons. The van der Waals surface area contributed by atoms with Crippen LogP contribution in [0.3, 0.4) is 0 Å². The monoisotopic (exact) mass is 153 g/mol. The van der Waals surface area contributed by atoms with Gasteiger partial charge in [-0.25, -0.2) is 0 Å². The number of ketones is 1. The van der Waals surface area contributed by atoms with Crippen LogP contribution in [0.25, 0.3) is 0 Å². The molecule has 2 fully saturated rings. The van der Waals surface area contributed by atoms with Crippen molar-refractivity contribution in [1.29, 1.82) is 0 Å². The Balaban J connectivity index is 1.82. The Kier molecular flexibility index (Phi) is 1.95. The first kappa shape index (κ1) is 7.29. The molecule has 0 aromatic rings. The van der Waals surface area contributed by atoms with Crippen molar-refractivity contribution in [2.24, 2.45) is 0 Å². The highest BCUT2D eigenvalue weighted by atomic mass is 16.1. The van der Waals surface area contributed by atoms with Crippen LogP contribution in [0.5, 0.6) is 0 Å². The summed E-state index contributed by atoms with van der Waals surface area (Å²) in [6, 6.07) is 0.836. The summed E-state index contributed by atoms with van der Waals surface area (Å²) in [6.45, 7) is 2.06. The molecule has 0 spiro atoms. The number of carbonyl (C=O) groups excluding carboxylic acids is 1. The Morgan fingerprint density at radius 3 is 2.27 bits per heavy atom. The number of hydrogen-bond donors (Lipinski definition) is 0. The van der Waals surface area contributed by atoms with Crippen LogP contribution in [0, 0.1) is 0 Å². The number of hydrogen-bond acceptors (Lipinski definition) is 2. The first-order valence-electron chi connectivity index (χ1n) is 4.62. The maximum Gasteiger partial charge on any atom is 0.135 e. The lowest BCUT2D eigenvalue weighted by Crippen LogP contribution is -2.44. The van der Waals surface area contributed by atoms with Crippen LogP contribution in [0.1, 0.15) is 32.1 Å². The van der Waals surface area contributed by atoms with Crippen LogP contribution in [0.4, 0.5) is 0 Å². The van der Waals surface area contributed by atoms with Gasteiger partial charge in [0.1, 0.15) is 5.78 Å². The maximum atomic E-state index is 10.9. The molecule has 2 rings (SSSR count). The van der Waals surface area contributed by atoms with E-state index in [9.17, 15) is 4.79 Å². The molecule has 11 heavy (non-hydrogen) atoms. The maximum absolute atomic E-state index is 10.9. The van der Waals surface area contributed by atoms with Crippen LogP contribution in [-0.4, -0.2) is 29.8 Å². The van der Waals surface area contributed by atoms with E-state index in [-0.39, 0.29) is 0 Å². The van der Waals surface area contributed by atoms with Crippen molar-refractivity contribution < 1.29 is 4.79 Å². The number of Topliss-reactive ketones (excluding diaryl/α,β-unsaturated/α-hetero) is 1. The minimum absolute atomic E-state index is 0.459. The highest BCUT2D eigenvalue weighted by molar-refractivity contribution is 5.79. The summed E-state index contributed by atoms with van der Waals surface area (Å²) in [5.74, 6) is 0.459. The summed E-state index contributed by atoms with van der Waals surface area (Å²) in [5.41, 5.74) is 0. The lowest BCUT2D eigenvalue weighted by atomic mass is 9.90. The fourth-order valence-corrected chi connectivity index (χ4v) is 1.89. The molecule has 2 heteroatoms. The summed E-state index contributed by atoms with van der Waals surface area (Å²) in [6.07, 6.45) is 5.74. The van der Waals surface area contributed by atoms with Crippen molar-refractivity contribution in [2.45, 2.75) is 38.1 Å². The van der Waals surface area contributed by atoms with E-state index < -0.39 is 0 Å². The minimum atomic E-state index is 0.459. The van der Waals surface area contributed by atoms with Crippen LogP contribution in [-0.2, 0) is 4.79 Å². The Labute approximate surface area is 67.6 Å². The van der Waals surface area contributed by atoms with E-state index in [0.717, 1.165) is 32.0 Å². The lowest BCUT2D eigenvalue weighted by Gasteiger charge is -2.39. The third-order valence-electron chi connectivity index (χ3n) is 2.95. The molecule has 62 valence electrons. The zero-order chi connectivity index (χ0) is 7.68. The number of piperidine rings is 1. The highest BCUT2D eigenvalue weighted by Crippen LogP contribution is 2.26. The largest absolute Gasteiger partial charge is 0.300 e. The molecule has 0 N–H and O–H groups in total. The highest BCUT2D eigenvalue weighted by Gasteiger charge is 2.27. The van der Waals surface area contributed by atoms with Gasteiger partial charge >= 0.3 is 0 Å².